The van der Waals surface area contributed by atoms with E-state index < -0.39 is 97.3 Å². The smallest absolute Gasteiger partial charge is 0.315 e. The van der Waals surface area contributed by atoms with Gasteiger partial charge in [-0.15, -0.1) is 0 Å². The summed E-state index contributed by atoms with van der Waals surface area (Å²) in [4.78, 5) is 128. The zero-order chi connectivity index (χ0) is 48.5. The van der Waals surface area contributed by atoms with Crippen molar-refractivity contribution in [1.29, 1.82) is 0 Å². The summed E-state index contributed by atoms with van der Waals surface area (Å²) >= 11 is 1.82. The number of carbonyl (C=O) groups is 10. The van der Waals surface area contributed by atoms with Crippen LogP contribution in [-0.4, -0.2) is 143 Å². The Balaban J connectivity index is 1.84. The third-order valence-electron chi connectivity index (χ3n) is 10.4. The van der Waals surface area contributed by atoms with Crippen LogP contribution in [0.2, 0.25) is 0 Å². The molecule has 2 aliphatic rings. The van der Waals surface area contributed by atoms with Crippen molar-refractivity contribution in [3.05, 3.63) is 0 Å². The summed E-state index contributed by atoms with van der Waals surface area (Å²) in [6.07, 6.45) is 2.83. The molecule has 0 aromatic rings. The van der Waals surface area contributed by atoms with Crippen molar-refractivity contribution in [2.45, 2.75) is 133 Å². The van der Waals surface area contributed by atoms with E-state index in [9.17, 15) is 53.1 Å². The van der Waals surface area contributed by atoms with Gasteiger partial charge < -0.3 is 64.8 Å². The number of aliphatic imine (C=N–C) groups is 1. The SMILES string of the molecule is CC(C)CC(CC(=O)NO)C(=O)N[C@@H](CCC(=O)O)C(=O)N[C@@H](CCCN=C(N)N)C(=O)NCC(=O)NCC(=O)N[C@@H](CCCCNC(=O)CCCC[C@@H]1SC[C@@H]2NC(=O)N[C@@H]21)C(N)=O. The van der Waals surface area contributed by atoms with E-state index >= 15 is 0 Å². The monoisotopic (exact) mass is 941 g/mol. The van der Waals surface area contributed by atoms with Crippen LogP contribution in [0.3, 0.4) is 0 Å². The third-order valence-corrected chi connectivity index (χ3v) is 11.9. The second-order valence-electron chi connectivity index (χ2n) is 16.3. The highest BCUT2D eigenvalue weighted by atomic mass is 32.2. The molecule has 2 saturated heterocycles. The molecular formula is C39H67N13O12S. The number of nitrogens with one attached hydrogen (secondary N) is 9. The number of hydroxylamine groups is 1. The number of hydrogen-bond donors (Lipinski definition) is 14. The fraction of sp³-hybridized carbons (Fsp3) is 0.718. The first-order valence-electron chi connectivity index (χ1n) is 21.7. The number of primary amides is 1. The summed E-state index contributed by atoms with van der Waals surface area (Å²) in [7, 11) is 0. The van der Waals surface area contributed by atoms with Crippen molar-refractivity contribution in [2.24, 2.45) is 34.0 Å². The van der Waals surface area contributed by atoms with Crippen LogP contribution < -0.4 is 65.2 Å². The van der Waals surface area contributed by atoms with Crippen molar-refractivity contribution in [1.82, 2.24) is 48.0 Å². The lowest BCUT2D eigenvalue weighted by Gasteiger charge is -2.25. The lowest BCUT2D eigenvalue weighted by atomic mass is 9.92. The first-order valence-corrected chi connectivity index (χ1v) is 22.7. The number of amides is 10. The molecule has 26 heteroatoms. The number of hydrogen-bond acceptors (Lipinski definition) is 13. The third kappa shape index (κ3) is 22.5. The average molecular weight is 942 g/mol. The molecule has 17 N–H and O–H groups in total. The number of fused-ring (bicyclic) bond motifs is 1. The van der Waals surface area contributed by atoms with E-state index in [0.717, 1.165) is 18.6 Å². The van der Waals surface area contributed by atoms with Crippen LogP contribution in [0, 0.1) is 11.8 Å². The van der Waals surface area contributed by atoms with Crippen LogP contribution in [0.15, 0.2) is 4.99 Å². The molecule has 2 aliphatic heterocycles. The molecule has 366 valence electrons. The second-order valence-corrected chi connectivity index (χ2v) is 17.6. The highest BCUT2D eigenvalue weighted by Crippen LogP contribution is 2.33. The van der Waals surface area contributed by atoms with Gasteiger partial charge in [-0.05, 0) is 63.7 Å². The Morgan fingerprint density at radius 3 is 2.08 bits per heavy atom. The molecule has 10 amide bonds. The maximum Gasteiger partial charge on any atom is 0.315 e. The minimum atomic E-state index is -1.47. The molecule has 0 saturated carbocycles. The number of rotatable bonds is 32. The van der Waals surface area contributed by atoms with Gasteiger partial charge in [-0.1, -0.05) is 20.3 Å². The summed E-state index contributed by atoms with van der Waals surface area (Å²) in [5, 5.41) is 39.3. The molecule has 0 spiro atoms. The summed E-state index contributed by atoms with van der Waals surface area (Å²) in [6.45, 7) is 2.74. The van der Waals surface area contributed by atoms with Gasteiger partial charge >= 0.3 is 12.0 Å². The van der Waals surface area contributed by atoms with E-state index in [2.05, 4.69) is 47.5 Å². The molecule has 0 aromatic heterocycles. The predicted molar refractivity (Wildman–Crippen MR) is 236 cm³/mol. The molecular weight excluding hydrogens is 875 g/mol. The van der Waals surface area contributed by atoms with Crippen molar-refractivity contribution in [3.63, 3.8) is 0 Å². The van der Waals surface area contributed by atoms with Gasteiger partial charge in [0, 0.05) is 49.3 Å². The average Bonchev–Trinajstić information content (AvgIpc) is 3.80. The Morgan fingerprint density at radius 2 is 1.42 bits per heavy atom. The Kier molecular flexibility index (Phi) is 25.1. The number of urea groups is 1. The van der Waals surface area contributed by atoms with Gasteiger partial charge in [0.25, 0.3) is 0 Å². The quantitative estimate of drug-likeness (QED) is 0.00783. The van der Waals surface area contributed by atoms with Crippen molar-refractivity contribution in [3.8, 4) is 0 Å². The molecule has 25 nitrogen and oxygen atoms in total. The van der Waals surface area contributed by atoms with Crippen LogP contribution in [0.1, 0.15) is 97.3 Å². The minimum absolute atomic E-state index is 0.0491. The zero-order valence-corrected chi connectivity index (χ0v) is 37.7. The first kappa shape index (κ1) is 55.2. The van der Waals surface area contributed by atoms with Gasteiger partial charge in [0.05, 0.1) is 25.2 Å². The number of guanidine groups is 1. The molecule has 2 heterocycles. The van der Waals surface area contributed by atoms with E-state index in [0.29, 0.717) is 37.5 Å². The van der Waals surface area contributed by atoms with E-state index in [4.69, 9.17) is 22.4 Å². The lowest BCUT2D eigenvalue weighted by Crippen LogP contribution is -2.55. The normalized spacial score (nSPS) is 18.0. The number of carbonyl (C=O) groups excluding carboxylic acids is 9. The summed E-state index contributed by atoms with van der Waals surface area (Å²) in [5.41, 5.74) is 17.7. The number of aliphatic carboxylic acids is 1. The molecule has 0 aliphatic carbocycles. The molecule has 7 atom stereocenters. The zero-order valence-electron chi connectivity index (χ0n) is 36.9. The topological polar surface area (TPSA) is 410 Å². The Morgan fingerprint density at radius 1 is 0.738 bits per heavy atom. The van der Waals surface area contributed by atoms with Gasteiger partial charge in [-0.2, -0.15) is 11.8 Å². The Labute approximate surface area is 381 Å². The minimum Gasteiger partial charge on any atom is -0.481 e. The number of nitrogens with zero attached hydrogens (tertiary/aromatic N) is 1. The fourth-order valence-electron chi connectivity index (χ4n) is 7.12. The molecule has 2 rings (SSSR count). The molecule has 65 heavy (non-hydrogen) atoms. The Bertz CT molecular complexity index is 1700. The molecule has 0 bridgehead atoms. The van der Waals surface area contributed by atoms with Crippen molar-refractivity contribution >= 4 is 77.0 Å². The summed E-state index contributed by atoms with van der Waals surface area (Å²) in [5.74, 6) is -7.57. The highest BCUT2D eigenvalue weighted by molar-refractivity contribution is 8.00. The van der Waals surface area contributed by atoms with Crippen LogP contribution in [0.5, 0.6) is 0 Å². The largest absolute Gasteiger partial charge is 0.481 e. The van der Waals surface area contributed by atoms with Crippen LogP contribution in [-0.2, 0) is 43.2 Å². The molecule has 0 radical (unpaired) electrons. The summed E-state index contributed by atoms with van der Waals surface area (Å²) in [6, 6.07) is -3.73. The number of carboxylic acids is 1. The van der Waals surface area contributed by atoms with E-state index in [1.165, 1.54) is 5.48 Å². The first-order chi connectivity index (χ1) is 30.8. The number of unbranched alkanes of at least 4 members (excludes halogenated alkanes) is 2. The van der Waals surface area contributed by atoms with E-state index in [-0.39, 0.29) is 74.5 Å². The van der Waals surface area contributed by atoms with E-state index in [1.54, 1.807) is 13.8 Å². The predicted octanol–water partition coefficient (Wildman–Crippen LogP) is -3.35. The van der Waals surface area contributed by atoms with E-state index in [1.807, 2.05) is 11.8 Å². The standard InChI is InChI=1S/C39H67N13O12S/c1-21(2)16-22(17-29(54)52-64)35(60)48-25(12-13-32(57)58)37(62)49-24(9-7-15-44-38(41)42)36(61)46-18-30(55)45-19-31(56)47-23(34(40)59)8-5-6-14-43-28(53)11-4-3-10-27-33-26(20-65-27)50-39(63)51-33/h21-27,33,64H,3-20H2,1-2H3,(H2,40,59)(H,43,53)(H,45,55)(H,46,61)(H,47,56)(H,48,60)(H,49,62)(H,52,54)(H,57,58)(H4,41,42,44)(H2,50,51,63)/t22?,23-,24-,25-,26-,27-,33-/m0/s1. The maximum absolute atomic E-state index is 13.5. The van der Waals surface area contributed by atoms with Gasteiger partial charge in [0.15, 0.2) is 5.96 Å². The molecule has 2 fully saturated rings. The van der Waals surface area contributed by atoms with Crippen LogP contribution in [0.4, 0.5) is 4.79 Å². The van der Waals surface area contributed by atoms with Crippen LogP contribution in [0.25, 0.3) is 0 Å². The molecule has 0 aromatic carbocycles. The Hall–Kier alpha value is -5.92. The van der Waals surface area contributed by atoms with Gasteiger partial charge in [0.1, 0.15) is 18.1 Å². The second kappa shape index (κ2) is 29.5. The molecule has 1 unspecified atom stereocenters. The number of thioether (sulfide) groups is 1. The van der Waals surface area contributed by atoms with Gasteiger partial charge in [-0.3, -0.25) is 53.4 Å². The maximum atomic E-state index is 13.5. The lowest BCUT2D eigenvalue weighted by molar-refractivity contribution is -0.139. The van der Waals surface area contributed by atoms with Crippen molar-refractivity contribution in [2.75, 3.05) is 31.9 Å². The van der Waals surface area contributed by atoms with Crippen LogP contribution >= 0.6 is 11.8 Å². The number of carboxylic acid groups (broad SMARTS) is 1. The van der Waals surface area contributed by atoms with Crippen molar-refractivity contribution < 1.29 is 58.3 Å². The highest BCUT2D eigenvalue weighted by Gasteiger charge is 2.42. The number of nitrogens with two attached hydrogens (primary N) is 3. The summed E-state index contributed by atoms with van der Waals surface area (Å²) < 4.78 is 0. The van der Waals surface area contributed by atoms with Gasteiger partial charge in [0.2, 0.25) is 47.3 Å². The van der Waals surface area contributed by atoms with Gasteiger partial charge in [-0.25, -0.2) is 10.3 Å². The fourth-order valence-corrected chi connectivity index (χ4v) is 8.66.